The van der Waals surface area contributed by atoms with E-state index in [1.165, 1.54) is 11.3 Å². The highest BCUT2D eigenvalue weighted by Crippen LogP contribution is 2.30. The third kappa shape index (κ3) is 3.72. The van der Waals surface area contributed by atoms with Crippen LogP contribution < -0.4 is 5.32 Å². The van der Waals surface area contributed by atoms with Crippen LogP contribution in [-0.4, -0.2) is 15.9 Å². The summed E-state index contributed by atoms with van der Waals surface area (Å²) in [6.07, 6.45) is 3.28. The Morgan fingerprint density at radius 1 is 1.20 bits per heavy atom. The molecule has 0 aliphatic rings. The fourth-order valence-corrected chi connectivity index (χ4v) is 3.70. The number of nitrogens with one attached hydrogen (secondary N) is 1. The van der Waals surface area contributed by atoms with E-state index < -0.39 is 0 Å². The maximum Gasteiger partial charge on any atom is 0.275 e. The summed E-state index contributed by atoms with van der Waals surface area (Å²) >= 11 is 7.70. The highest BCUT2D eigenvalue weighted by Gasteiger charge is 2.17. The molecule has 1 aromatic carbocycles. The molecule has 1 amide bonds. The molecule has 0 aliphatic heterocycles. The molecule has 0 saturated carbocycles. The second-order valence-corrected chi connectivity index (χ2v) is 6.74. The standard InChI is InChI=1S/C19H18ClN3OS/c1-3-12-8-9-14(20)13(4-2)17(12)23-18(24)16-11-25-19(22-16)15-7-5-6-10-21-15/h5-11H,3-4H2,1-2H3,(H,23,24). The first-order chi connectivity index (χ1) is 12.1. The minimum atomic E-state index is -0.231. The van der Waals surface area contributed by atoms with Crippen LogP contribution in [0.2, 0.25) is 5.02 Å². The first kappa shape index (κ1) is 17.6. The zero-order chi connectivity index (χ0) is 17.8. The normalized spacial score (nSPS) is 10.7. The number of aromatic nitrogens is 2. The number of rotatable bonds is 5. The molecule has 1 N–H and O–H groups in total. The van der Waals surface area contributed by atoms with E-state index in [0.717, 1.165) is 40.4 Å². The summed E-state index contributed by atoms with van der Waals surface area (Å²) in [5, 5.41) is 6.15. The van der Waals surface area contributed by atoms with E-state index in [-0.39, 0.29) is 5.91 Å². The van der Waals surface area contributed by atoms with Crippen LogP contribution in [0.4, 0.5) is 5.69 Å². The molecule has 128 valence electrons. The van der Waals surface area contributed by atoms with E-state index in [4.69, 9.17) is 11.6 Å². The molecule has 2 heterocycles. The van der Waals surface area contributed by atoms with Crippen molar-refractivity contribution in [1.29, 1.82) is 0 Å². The van der Waals surface area contributed by atoms with Crippen molar-refractivity contribution < 1.29 is 4.79 Å². The Balaban J connectivity index is 1.89. The molecule has 0 fully saturated rings. The van der Waals surface area contributed by atoms with Gasteiger partial charge in [0.15, 0.2) is 0 Å². The van der Waals surface area contributed by atoms with Crippen molar-refractivity contribution in [2.75, 3.05) is 5.32 Å². The van der Waals surface area contributed by atoms with Gasteiger partial charge in [-0.25, -0.2) is 4.98 Å². The largest absolute Gasteiger partial charge is 0.320 e. The maximum atomic E-state index is 12.7. The lowest BCUT2D eigenvalue weighted by molar-refractivity contribution is 0.102. The molecule has 0 unspecified atom stereocenters. The fourth-order valence-electron chi connectivity index (χ4n) is 2.63. The molecule has 25 heavy (non-hydrogen) atoms. The summed E-state index contributed by atoms with van der Waals surface area (Å²) in [5.41, 5.74) is 3.96. The minimum Gasteiger partial charge on any atom is -0.320 e. The zero-order valence-corrected chi connectivity index (χ0v) is 15.6. The Morgan fingerprint density at radius 3 is 2.72 bits per heavy atom. The number of amides is 1. The van der Waals surface area contributed by atoms with Crippen molar-refractivity contribution in [2.45, 2.75) is 26.7 Å². The lowest BCUT2D eigenvalue weighted by atomic mass is 10.0. The highest BCUT2D eigenvalue weighted by atomic mass is 35.5. The van der Waals surface area contributed by atoms with Crippen LogP contribution >= 0.6 is 22.9 Å². The van der Waals surface area contributed by atoms with Gasteiger partial charge in [0.1, 0.15) is 10.7 Å². The first-order valence-electron chi connectivity index (χ1n) is 8.12. The molecule has 0 bridgehead atoms. The highest BCUT2D eigenvalue weighted by molar-refractivity contribution is 7.13. The van der Waals surface area contributed by atoms with Crippen LogP contribution in [0.25, 0.3) is 10.7 Å². The maximum absolute atomic E-state index is 12.7. The van der Waals surface area contributed by atoms with Crippen LogP contribution in [0.5, 0.6) is 0 Å². The van der Waals surface area contributed by atoms with E-state index >= 15 is 0 Å². The first-order valence-corrected chi connectivity index (χ1v) is 9.38. The summed E-state index contributed by atoms with van der Waals surface area (Å²) in [6, 6.07) is 9.47. The van der Waals surface area contributed by atoms with Crippen molar-refractivity contribution >= 4 is 34.5 Å². The minimum absolute atomic E-state index is 0.231. The molecule has 4 nitrogen and oxygen atoms in total. The van der Waals surface area contributed by atoms with Crippen molar-refractivity contribution in [3.05, 3.63) is 63.8 Å². The Labute approximate surface area is 155 Å². The number of halogens is 1. The third-order valence-corrected chi connectivity index (χ3v) is 5.15. The molecular weight excluding hydrogens is 354 g/mol. The van der Waals surface area contributed by atoms with Crippen molar-refractivity contribution in [1.82, 2.24) is 9.97 Å². The zero-order valence-electron chi connectivity index (χ0n) is 14.0. The third-order valence-electron chi connectivity index (χ3n) is 3.94. The van der Waals surface area contributed by atoms with Gasteiger partial charge in [-0.1, -0.05) is 37.6 Å². The molecule has 0 aliphatic carbocycles. The van der Waals surface area contributed by atoms with Gasteiger partial charge in [0.2, 0.25) is 0 Å². The quantitative estimate of drug-likeness (QED) is 0.667. The number of thiazole rings is 1. The Morgan fingerprint density at radius 2 is 2.04 bits per heavy atom. The van der Waals surface area contributed by atoms with E-state index in [0.29, 0.717) is 10.7 Å². The second kappa shape index (κ2) is 7.76. The Kier molecular flexibility index (Phi) is 5.46. The molecular formula is C19H18ClN3OS. The average Bonchev–Trinajstić information content (AvgIpc) is 3.13. The number of nitrogens with zero attached hydrogens (tertiary/aromatic N) is 2. The van der Waals surface area contributed by atoms with Gasteiger partial charge in [-0.2, -0.15) is 0 Å². The van der Waals surface area contributed by atoms with Gasteiger partial charge in [0.25, 0.3) is 5.91 Å². The van der Waals surface area contributed by atoms with Crippen LogP contribution in [0, 0.1) is 0 Å². The Bertz CT molecular complexity index is 893. The average molecular weight is 372 g/mol. The molecule has 3 rings (SSSR count). The number of carbonyl (C=O) groups is 1. The van der Waals surface area contributed by atoms with Gasteiger partial charge in [0.05, 0.1) is 5.69 Å². The molecule has 0 atom stereocenters. The van der Waals surface area contributed by atoms with Gasteiger partial charge in [-0.15, -0.1) is 11.3 Å². The van der Waals surface area contributed by atoms with Crippen molar-refractivity contribution in [3.63, 3.8) is 0 Å². The molecule has 2 aromatic heterocycles. The van der Waals surface area contributed by atoms with Crippen LogP contribution in [0.1, 0.15) is 35.5 Å². The smallest absolute Gasteiger partial charge is 0.275 e. The molecule has 0 saturated heterocycles. The van der Waals surface area contributed by atoms with E-state index in [2.05, 4.69) is 22.2 Å². The number of anilines is 1. The lowest BCUT2D eigenvalue weighted by Gasteiger charge is -2.15. The van der Waals surface area contributed by atoms with E-state index in [9.17, 15) is 4.79 Å². The van der Waals surface area contributed by atoms with Crippen LogP contribution in [0.15, 0.2) is 41.9 Å². The van der Waals surface area contributed by atoms with Gasteiger partial charge in [-0.3, -0.25) is 9.78 Å². The second-order valence-electron chi connectivity index (χ2n) is 5.47. The van der Waals surface area contributed by atoms with Crippen LogP contribution in [0.3, 0.4) is 0 Å². The molecule has 0 spiro atoms. The SMILES string of the molecule is CCc1ccc(Cl)c(CC)c1NC(=O)c1csc(-c2ccccn2)n1. The summed E-state index contributed by atoms with van der Waals surface area (Å²) in [7, 11) is 0. The molecule has 0 radical (unpaired) electrons. The number of benzene rings is 1. The van der Waals surface area contributed by atoms with E-state index in [1.54, 1.807) is 11.6 Å². The predicted octanol–water partition coefficient (Wildman–Crippen LogP) is 5.24. The Hall–Kier alpha value is -2.24. The summed E-state index contributed by atoms with van der Waals surface area (Å²) in [4.78, 5) is 21.4. The number of hydrogen-bond acceptors (Lipinski definition) is 4. The fraction of sp³-hybridized carbons (Fsp3) is 0.211. The van der Waals surface area contributed by atoms with Gasteiger partial charge >= 0.3 is 0 Å². The number of hydrogen-bond donors (Lipinski definition) is 1. The van der Waals surface area contributed by atoms with Crippen molar-refractivity contribution in [2.24, 2.45) is 0 Å². The molecule has 6 heteroatoms. The summed E-state index contributed by atoms with van der Waals surface area (Å²) in [6.45, 7) is 4.08. The topological polar surface area (TPSA) is 54.9 Å². The number of pyridine rings is 1. The molecule has 3 aromatic rings. The van der Waals surface area contributed by atoms with Gasteiger partial charge < -0.3 is 5.32 Å². The van der Waals surface area contributed by atoms with Gasteiger partial charge in [-0.05, 0) is 42.2 Å². The predicted molar refractivity (Wildman–Crippen MR) is 104 cm³/mol. The monoisotopic (exact) mass is 371 g/mol. The summed E-state index contributed by atoms with van der Waals surface area (Å²) in [5.74, 6) is -0.231. The van der Waals surface area contributed by atoms with E-state index in [1.807, 2.05) is 37.3 Å². The van der Waals surface area contributed by atoms with Crippen molar-refractivity contribution in [3.8, 4) is 10.7 Å². The number of carbonyl (C=O) groups excluding carboxylic acids is 1. The number of aryl methyl sites for hydroxylation is 1. The lowest BCUT2D eigenvalue weighted by Crippen LogP contribution is -2.15. The summed E-state index contributed by atoms with van der Waals surface area (Å²) < 4.78 is 0. The van der Waals surface area contributed by atoms with Gasteiger partial charge in [0, 0.05) is 22.3 Å². The van der Waals surface area contributed by atoms with Crippen LogP contribution in [-0.2, 0) is 12.8 Å².